The van der Waals surface area contributed by atoms with Crippen LogP contribution < -0.4 is 0 Å². The molecular weight excluding hydrogens is 218 g/mol. The van der Waals surface area contributed by atoms with E-state index in [-0.39, 0.29) is 4.90 Å². The average Bonchev–Trinajstić information content (AvgIpc) is 2.18. The van der Waals surface area contributed by atoms with Crippen molar-refractivity contribution < 1.29 is 17.5 Å². The molecule has 0 fully saturated rings. The van der Waals surface area contributed by atoms with Crippen molar-refractivity contribution in [2.75, 3.05) is 0 Å². The molecule has 0 aromatic heterocycles. The lowest BCUT2D eigenvalue weighted by molar-refractivity contribution is -0.110. The van der Waals surface area contributed by atoms with Crippen LogP contribution in [0.4, 0.5) is 0 Å². The minimum absolute atomic E-state index is 0.00861. The van der Waals surface area contributed by atoms with Gasteiger partial charge in [0.25, 0.3) is 0 Å². The lowest BCUT2D eigenvalue weighted by atomic mass is 10.4. The van der Waals surface area contributed by atoms with Crippen molar-refractivity contribution in [3.8, 4) is 0 Å². The van der Waals surface area contributed by atoms with Gasteiger partial charge in [-0.25, -0.2) is 0 Å². The molecule has 0 atom stereocenters. The molecule has 0 aliphatic rings. The molecule has 0 amide bonds. The first kappa shape index (κ1) is 11.4. The Morgan fingerprint density at radius 3 is 2.47 bits per heavy atom. The summed E-state index contributed by atoms with van der Waals surface area (Å²) in [5, 5.41) is 3.06. The summed E-state index contributed by atoms with van der Waals surface area (Å²) in [5.41, 5.74) is 0. The van der Waals surface area contributed by atoms with E-state index in [2.05, 4.69) is 9.44 Å². The molecule has 1 rings (SSSR count). The van der Waals surface area contributed by atoms with E-state index in [0.29, 0.717) is 0 Å². The number of carbonyl (C=O) groups excluding carboxylic acids is 1. The fourth-order valence-corrected chi connectivity index (χ4v) is 1.52. The van der Waals surface area contributed by atoms with Gasteiger partial charge in [-0.15, -0.1) is 0 Å². The highest BCUT2D eigenvalue weighted by Crippen LogP contribution is 2.10. The Balaban J connectivity index is 2.82. The van der Waals surface area contributed by atoms with Crippen LogP contribution in [0.25, 0.3) is 0 Å². The lowest BCUT2D eigenvalue weighted by Gasteiger charge is -1.99. The first-order valence-electron chi connectivity index (χ1n) is 4.05. The van der Waals surface area contributed by atoms with Gasteiger partial charge >= 0.3 is 10.1 Å². The van der Waals surface area contributed by atoms with Gasteiger partial charge < -0.3 is 0 Å². The lowest BCUT2D eigenvalue weighted by Crippen LogP contribution is -2.03. The Morgan fingerprint density at radius 1 is 1.33 bits per heavy atom. The van der Waals surface area contributed by atoms with E-state index >= 15 is 0 Å². The monoisotopic (exact) mass is 227 g/mol. The van der Waals surface area contributed by atoms with E-state index < -0.39 is 15.9 Å². The van der Waals surface area contributed by atoms with E-state index in [4.69, 9.17) is 0 Å². The smallest absolute Gasteiger partial charge is 0.293 e. The van der Waals surface area contributed by atoms with Gasteiger partial charge in [-0.05, 0) is 12.1 Å². The molecule has 80 valence electrons. The fraction of sp³-hybridized carbons (Fsp3) is 0.111. The van der Waals surface area contributed by atoms with Gasteiger partial charge in [-0.3, -0.25) is 9.08 Å². The number of hydrogen-bond donors (Lipinski definition) is 0. The summed E-state index contributed by atoms with van der Waals surface area (Å²) >= 11 is 0. The second kappa shape index (κ2) is 4.70. The summed E-state index contributed by atoms with van der Waals surface area (Å²) in [7, 11) is -3.91. The number of rotatable bonds is 4. The number of carbonyl (C=O) groups is 1. The molecule has 1 aromatic rings. The molecule has 0 unspecified atom stereocenters. The molecule has 1 aromatic carbocycles. The van der Waals surface area contributed by atoms with Gasteiger partial charge in [0.15, 0.2) is 5.78 Å². The van der Waals surface area contributed by atoms with Gasteiger partial charge in [0, 0.05) is 6.92 Å². The van der Waals surface area contributed by atoms with Gasteiger partial charge in [0.05, 0.1) is 0 Å². The van der Waals surface area contributed by atoms with Crippen molar-refractivity contribution in [1.82, 2.24) is 0 Å². The third-order valence-corrected chi connectivity index (χ3v) is 2.54. The van der Waals surface area contributed by atoms with Crippen LogP contribution in [0.1, 0.15) is 6.92 Å². The number of hydrogen-bond acceptors (Lipinski definition) is 5. The summed E-state index contributed by atoms with van der Waals surface area (Å²) in [6.45, 7) is 1.24. The Hall–Kier alpha value is -1.69. The maximum Gasteiger partial charge on any atom is 0.358 e. The Kier molecular flexibility index (Phi) is 3.56. The van der Waals surface area contributed by atoms with E-state index in [9.17, 15) is 13.2 Å². The minimum Gasteiger partial charge on any atom is -0.293 e. The predicted octanol–water partition coefficient (Wildman–Crippen LogP) is 0.967. The topological polar surface area (TPSA) is 72.8 Å². The van der Waals surface area contributed by atoms with E-state index in [1.165, 1.54) is 19.1 Å². The molecule has 0 bridgehead atoms. The van der Waals surface area contributed by atoms with Gasteiger partial charge in [0.1, 0.15) is 11.1 Å². The second-order valence-corrected chi connectivity index (χ2v) is 4.22. The predicted molar refractivity (Wildman–Crippen MR) is 53.9 cm³/mol. The van der Waals surface area contributed by atoms with Crippen LogP contribution in [0, 0.1) is 0 Å². The molecule has 0 aliphatic carbocycles. The number of Topliss-reactive ketones (excluding diaryl/α,β-unsaturated/α-hetero) is 1. The van der Waals surface area contributed by atoms with Crippen molar-refractivity contribution in [2.45, 2.75) is 11.8 Å². The number of oxime groups is 1. The molecule has 0 spiro atoms. The third kappa shape index (κ3) is 3.51. The summed E-state index contributed by atoms with van der Waals surface area (Å²) in [6.07, 6.45) is 0.792. The fourth-order valence-electron chi connectivity index (χ4n) is 0.783. The van der Waals surface area contributed by atoms with Crippen LogP contribution in [-0.4, -0.2) is 20.4 Å². The zero-order valence-electron chi connectivity index (χ0n) is 7.95. The molecule has 0 heterocycles. The zero-order valence-corrected chi connectivity index (χ0v) is 8.77. The van der Waals surface area contributed by atoms with Crippen LogP contribution in [0.3, 0.4) is 0 Å². The van der Waals surface area contributed by atoms with Crippen LogP contribution in [0.15, 0.2) is 40.4 Å². The average molecular weight is 227 g/mol. The second-order valence-electron chi connectivity index (χ2n) is 2.69. The highest BCUT2D eigenvalue weighted by molar-refractivity contribution is 7.86. The standard InChI is InChI=1S/C9H9NO4S/c1-8(11)7-10-14-15(12,13)9-5-3-2-4-6-9/h2-7H,1H3. The zero-order chi connectivity index (χ0) is 11.3. The van der Waals surface area contributed by atoms with Crippen molar-refractivity contribution in [1.29, 1.82) is 0 Å². The van der Waals surface area contributed by atoms with Crippen LogP contribution in [0.2, 0.25) is 0 Å². The van der Waals surface area contributed by atoms with Crippen molar-refractivity contribution in [2.24, 2.45) is 5.16 Å². The molecule has 0 N–H and O–H groups in total. The van der Waals surface area contributed by atoms with Crippen molar-refractivity contribution >= 4 is 22.1 Å². The molecule has 0 saturated heterocycles. The summed E-state index contributed by atoms with van der Waals surface area (Å²) in [5.74, 6) is -0.390. The van der Waals surface area contributed by atoms with Crippen LogP contribution in [-0.2, 0) is 19.2 Å². The Labute approximate surface area is 87.5 Å². The number of nitrogens with zero attached hydrogens (tertiary/aromatic N) is 1. The Bertz CT molecular complexity index is 464. The largest absolute Gasteiger partial charge is 0.358 e. The van der Waals surface area contributed by atoms with Gasteiger partial charge in [-0.2, -0.15) is 8.42 Å². The molecule has 0 aliphatic heterocycles. The minimum atomic E-state index is -3.91. The summed E-state index contributed by atoms with van der Waals surface area (Å²) < 4.78 is 27.0. The SMILES string of the molecule is CC(=O)C=NOS(=O)(=O)c1ccccc1. The van der Waals surface area contributed by atoms with Gasteiger partial charge in [-0.1, -0.05) is 23.4 Å². The molecule has 6 heteroatoms. The molecule has 0 radical (unpaired) electrons. The highest BCUT2D eigenvalue weighted by atomic mass is 32.2. The van der Waals surface area contributed by atoms with E-state index in [1.54, 1.807) is 18.2 Å². The maximum absolute atomic E-state index is 11.4. The summed E-state index contributed by atoms with van der Waals surface area (Å²) in [6, 6.07) is 7.55. The van der Waals surface area contributed by atoms with Gasteiger partial charge in [0.2, 0.25) is 0 Å². The van der Waals surface area contributed by atoms with Crippen molar-refractivity contribution in [3.63, 3.8) is 0 Å². The summed E-state index contributed by atoms with van der Waals surface area (Å²) in [4.78, 5) is 10.4. The molecule has 5 nitrogen and oxygen atoms in total. The third-order valence-electron chi connectivity index (χ3n) is 1.41. The molecule has 0 saturated carbocycles. The van der Waals surface area contributed by atoms with Crippen LogP contribution in [0.5, 0.6) is 0 Å². The first-order chi connectivity index (χ1) is 7.02. The highest BCUT2D eigenvalue weighted by Gasteiger charge is 2.14. The van der Waals surface area contributed by atoms with E-state index in [1.807, 2.05) is 0 Å². The van der Waals surface area contributed by atoms with E-state index in [0.717, 1.165) is 6.21 Å². The first-order valence-corrected chi connectivity index (χ1v) is 5.46. The normalized spacial score (nSPS) is 11.5. The number of benzene rings is 1. The van der Waals surface area contributed by atoms with Crippen LogP contribution >= 0.6 is 0 Å². The van der Waals surface area contributed by atoms with Crippen molar-refractivity contribution in [3.05, 3.63) is 30.3 Å². The number of ketones is 1. The molecular formula is C9H9NO4S. The molecule has 15 heavy (non-hydrogen) atoms. The Morgan fingerprint density at radius 2 is 1.93 bits per heavy atom. The quantitative estimate of drug-likeness (QED) is 0.567. The maximum atomic E-state index is 11.4.